The summed E-state index contributed by atoms with van der Waals surface area (Å²) < 4.78 is 5.58. The fraction of sp³-hybridized carbons (Fsp3) is 0.714. The van der Waals surface area contributed by atoms with E-state index in [1.54, 1.807) is 5.38 Å². The van der Waals surface area contributed by atoms with Crippen LogP contribution in [-0.2, 0) is 11.2 Å². The van der Waals surface area contributed by atoms with Gasteiger partial charge in [0, 0.05) is 11.8 Å². The van der Waals surface area contributed by atoms with Gasteiger partial charge >= 0.3 is 5.97 Å². The van der Waals surface area contributed by atoms with Gasteiger partial charge in [-0.2, -0.15) is 0 Å². The number of esters is 1. The van der Waals surface area contributed by atoms with Gasteiger partial charge in [-0.3, -0.25) is 0 Å². The molecular weight excluding hydrogens is 260 g/mol. The summed E-state index contributed by atoms with van der Waals surface area (Å²) in [5.41, 5.74) is 5.91. The summed E-state index contributed by atoms with van der Waals surface area (Å²) in [5.74, 6) is 0.973. The number of hydrogen-bond acceptors (Lipinski definition) is 5. The van der Waals surface area contributed by atoms with Gasteiger partial charge in [0.15, 0.2) is 5.69 Å². The monoisotopic (exact) mass is 282 g/mol. The van der Waals surface area contributed by atoms with Gasteiger partial charge in [0.1, 0.15) is 6.10 Å². The molecule has 0 amide bonds. The number of thiazole rings is 1. The van der Waals surface area contributed by atoms with Crippen molar-refractivity contribution in [3.63, 3.8) is 0 Å². The molecule has 0 saturated heterocycles. The first-order valence-electron chi connectivity index (χ1n) is 6.94. The van der Waals surface area contributed by atoms with E-state index in [-0.39, 0.29) is 12.1 Å². The summed E-state index contributed by atoms with van der Waals surface area (Å²) in [6.45, 7) is 5.00. The maximum Gasteiger partial charge on any atom is 0.358 e. The van der Waals surface area contributed by atoms with Crippen molar-refractivity contribution >= 4 is 17.3 Å². The van der Waals surface area contributed by atoms with E-state index in [1.807, 2.05) is 0 Å². The molecule has 0 radical (unpaired) electrons. The lowest BCUT2D eigenvalue weighted by Crippen LogP contribution is -2.28. The Balaban J connectivity index is 1.92. The molecule has 0 spiro atoms. The van der Waals surface area contributed by atoms with Crippen LogP contribution in [0.25, 0.3) is 0 Å². The van der Waals surface area contributed by atoms with E-state index in [0.717, 1.165) is 24.3 Å². The predicted octanol–water partition coefficient (Wildman–Crippen LogP) is 2.63. The van der Waals surface area contributed by atoms with E-state index in [2.05, 4.69) is 18.8 Å². The van der Waals surface area contributed by atoms with Gasteiger partial charge in [-0.25, -0.2) is 9.78 Å². The second-order valence-corrected chi connectivity index (χ2v) is 6.55. The average molecular weight is 282 g/mol. The first-order chi connectivity index (χ1) is 9.08. The van der Waals surface area contributed by atoms with E-state index >= 15 is 0 Å². The molecule has 1 fully saturated rings. The summed E-state index contributed by atoms with van der Waals surface area (Å²) >= 11 is 1.47. The van der Waals surface area contributed by atoms with Crippen LogP contribution in [0.1, 0.15) is 48.6 Å². The van der Waals surface area contributed by atoms with Crippen molar-refractivity contribution in [1.82, 2.24) is 4.98 Å². The van der Waals surface area contributed by atoms with E-state index in [1.165, 1.54) is 17.8 Å². The molecule has 0 aromatic carbocycles. The highest BCUT2D eigenvalue weighted by Crippen LogP contribution is 2.30. The van der Waals surface area contributed by atoms with Crippen LogP contribution < -0.4 is 5.73 Å². The smallest absolute Gasteiger partial charge is 0.358 e. The Morgan fingerprint density at radius 1 is 1.42 bits per heavy atom. The Morgan fingerprint density at radius 3 is 2.74 bits per heavy atom. The molecule has 1 aromatic heterocycles. The maximum absolute atomic E-state index is 12.0. The molecule has 0 bridgehead atoms. The van der Waals surface area contributed by atoms with Gasteiger partial charge < -0.3 is 10.5 Å². The van der Waals surface area contributed by atoms with E-state index in [4.69, 9.17) is 10.5 Å². The van der Waals surface area contributed by atoms with E-state index in [9.17, 15) is 4.79 Å². The number of ether oxygens (including phenoxy) is 1. The number of nitrogens with two attached hydrogens (primary N) is 1. The number of rotatable bonds is 4. The summed E-state index contributed by atoms with van der Waals surface area (Å²) in [4.78, 5) is 16.3. The fourth-order valence-corrected chi connectivity index (χ4v) is 3.61. The van der Waals surface area contributed by atoms with E-state index < -0.39 is 0 Å². The van der Waals surface area contributed by atoms with Gasteiger partial charge in [0.25, 0.3) is 0 Å². The molecule has 1 aromatic rings. The largest absolute Gasteiger partial charge is 0.458 e. The molecular formula is C14H22N2O2S. The highest BCUT2D eigenvalue weighted by Gasteiger charge is 2.27. The maximum atomic E-state index is 12.0. The molecule has 5 heteroatoms. The minimum atomic E-state index is -0.286. The quantitative estimate of drug-likeness (QED) is 0.862. The molecule has 106 valence electrons. The zero-order valence-corrected chi connectivity index (χ0v) is 12.4. The van der Waals surface area contributed by atoms with Gasteiger partial charge in [-0.1, -0.05) is 13.8 Å². The van der Waals surface area contributed by atoms with Crippen molar-refractivity contribution in [2.24, 2.45) is 17.6 Å². The second kappa shape index (κ2) is 6.48. The molecule has 19 heavy (non-hydrogen) atoms. The molecule has 2 unspecified atom stereocenters. The van der Waals surface area contributed by atoms with Crippen LogP contribution in [0.2, 0.25) is 0 Å². The van der Waals surface area contributed by atoms with Crippen molar-refractivity contribution < 1.29 is 9.53 Å². The summed E-state index contributed by atoms with van der Waals surface area (Å²) in [6.07, 6.45) is 3.93. The summed E-state index contributed by atoms with van der Waals surface area (Å²) in [7, 11) is 0. The lowest BCUT2D eigenvalue weighted by Gasteiger charge is -2.30. The lowest BCUT2D eigenvalue weighted by atomic mass is 9.82. The number of carbonyl (C=O) groups is 1. The third-order valence-corrected chi connectivity index (χ3v) is 4.44. The highest BCUT2D eigenvalue weighted by atomic mass is 32.1. The number of carbonyl (C=O) groups excluding carboxylic acids is 1. The van der Waals surface area contributed by atoms with Crippen molar-refractivity contribution in [2.75, 3.05) is 6.54 Å². The molecule has 4 nitrogen and oxygen atoms in total. The van der Waals surface area contributed by atoms with Crippen molar-refractivity contribution in [1.29, 1.82) is 0 Å². The molecule has 2 N–H and O–H groups in total. The van der Waals surface area contributed by atoms with Crippen LogP contribution in [0.5, 0.6) is 0 Å². The first kappa shape index (κ1) is 14.5. The van der Waals surface area contributed by atoms with Crippen LogP contribution in [0.4, 0.5) is 0 Å². The number of nitrogens with zero attached hydrogens (tertiary/aromatic N) is 1. The van der Waals surface area contributed by atoms with Crippen LogP contribution >= 0.6 is 11.3 Å². The third-order valence-electron chi connectivity index (χ3n) is 3.53. The standard InChI is InChI=1S/C14H22N2O2S/c1-9-5-10(2)7-11(6-9)18-14(17)12-8-19-13(16-12)3-4-15/h8-11H,3-7,15H2,1-2H3. The van der Waals surface area contributed by atoms with Crippen molar-refractivity contribution in [3.05, 3.63) is 16.1 Å². The van der Waals surface area contributed by atoms with Gasteiger partial charge in [-0.15, -0.1) is 11.3 Å². The van der Waals surface area contributed by atoms with E-state index in [0.29, 0.717) is 24.1 Å². The van der Waals surface area contributed by atoms with Gasteiger partial charge in [-0.05, 0) is 37.6 Å². The Kier molecular flexibility index (Phi) is 4.93. The topological polar surface area (TPSA) is 65.2 Å². The van der Waals surface area contributed by atoms with Crippen LogP contribution in [0.15, 0.2) is 5.38 Å². The Labute approximate surface area is 118 Å². The minimum absolute atomic E-state index is 0.0471. The van der Waals surface area contributed by atoms with Gasteiger partial charge in [0.05, 0.1) is 5.01 Å². The van der Waals surface area contributed by atoms with Crippen molar-refractivity contribution in [2.45, 2.75) is 45.6 Å². The zero-order chi connectivity index (χ0) is 13.8. The number of aromatic nitrogens is 1. The SMILES string of the molecule is CC1CC(C)CC(OC(=O)c2csc(CCN)n2)C1. The highest BCUT2D eigenvalue weighted by molar-refractivity contribution is 7.09. The molecule has 2 rings (SSSR count). The van der Waals surface area contributed by atoms with Crippen molar-refractivity contribution in [3.8, 4) is 0 Å². The molecule has 0 aliphatic heterocycles. The second-order valence-electron chi connectivity index (χ2n) is 5.61. The molecule has 2 atom stereocenters. The summed E-state index contributed by atoms with van der Waals surface area (Å²) in [6, 6.07) is 0. The predicted molar refractivity (Wildman–Crippen MR) is 76.3 cm³/mol. The molecule has 1 saturated carbocycles. The summed E-state index contributed by atoms with van der Waals surface area (Å²) in [5, 5.41) is 2.67. The Bertz CT molecular complexity index is 423. The van der Waals surface area contributed by atoms with Crippen LogP contribution in [-0.4, -0.2) is 23.6 Å². The Morgan fingerprint density at radius 2 is 2.11 bits per heavy atom. The molecule has 1 aliphatic carbocycles. The third kappa shape index (κ3) is 4.01. The molecule has 1 heterocycles. The normalized spacial score (nSPS) is 27.2. The minimum Gasteiger partial charge on any atom is -0.458 e. The number of hydrogen-bond donors (Lipinski definition) is 1. The van der Waals surface area contributed by atoms with Crippen LogP contribution in [0, 0.1) is 11.8 Å². The average Bonchev–Trinajstić information content (AvgIpc) is 2.76. The van der Waals surface area contributed by atoms with Crippen LogP contribution in [0.3, 0.4) is 0 Å². The zero-order valence-electron chi connectivity index (χ0n) is 11.6. The Hall–Kier alpha value is -0.940. The molecule has 1 aliphatic rings. The first-order valence-corrected chi connectivity index (χ1v) is 7.82. The lowest BCUT2D eigenvalue weighted by molar-refractivity contribution is 0.00751. The fourth-order valence-electron chi connectivity index (χ4n) is 2.82. The van der Waals surface area contributed by atoms with Gasteiger partial charge in [0.2, 0.25) is 0 Å².